The molecule has 3 aromatic rings. The summed E-state index contributed by atoms with van der Waals surface area (Å²) >= 11 is 0. The Morgan fingerprint density at radius 3 is 2.21 bits per heavy atom. The average molecular weight is 389 g/mol. The zero-order valence-corrected chi connectivity index (χ0v) is 16.0. The van der Waals surface area contributed by atoms with E-state index in [2.05, 4.69) is 5.16 Å². The lowest BCUT2D eigenvalue weighted by molar-refractivity contribution is -0.139. The standard InChI is InChI=1S/C24H23NO4/c26-23(27)18-28-22-15-7-9-19(17-22)10-8-16-25-29-24(20-11-3-1-4-12-20)21-13-5-2-6-14-21/h1-7,9,11-17,24H,8,10,18H2,(H,26,27). The Balaban J connectivity index is 1.57. The van der Waals surface area contributed by atoms with E-state index in [1.54, 1.807) is 12.3 Å². The van der Waals surface area contributed by atoms with Crippen LogP contribution in [-0.4, -0.2) is 23.9 Å². The monoisotopic (exact) mass is 389 g/mol. The van der Waals surface area contributed by atoms with E-state index < -0.39 is 5.97 Å². The normalized spacial score (nSPS) is 10.9. The van der Waals surface area contributed by atoms with Gasteiger partial charge in [-0.25, -0.2) is 4.79 Å². The van der Waals surface area contributed by atoms with E-state index in [0.717, 1.165) is 23.1 Å². The minimum absolute atomic E-state index is 0.263. The number of hydrogen-bond acceptors (Lipinski definition) is 4. The average Bonchev–Trinajstić information content (AvgIpc) is 2.76. The fourth-order valence-corrected chi connectivity index (χ4v) is 2.89. The van der Waals surface area contributed by atoms with Gasteiger partial charge in [0.25, 0.3) is 0 Å². The molecule has 0 aliphatic carbocycles. The SMILES string of the molecule is O=C(O)COc1cccc(CCC=NOC(c2ccccc2)c2ccccc2)c1. The van der Waals surface area contributed by atoms with Crippen LogP contribution in [0.25, 0.3) is 0 Å². The Kier molecular flexibility index (Phi) is 7.41. The maximum absolute atomic E-state index is 10.6. The van der Waals surface area contributed by atoms with Crippen molar-refractivity contribution in [2.24, 2.45) is 5.16 Å². The van der Waals surface area contributed by atoms with Crippen LogP contribution < -0.4 is 4.74 Å². The highest BCUT2D eigenvalue weighted by Gasteiger charge is 2.14. The third-order valence-corrected chi connectivity index (χ3v) is 4.27. The lowest BCUT2D eigenvalue weighted by Crippen LogP contribution is -2.09. The number of carbonyl (C=O) groups is 1. The van der Waals surface area contributed by atoms with Gasteiger partial charge in [0, 0.05) is 6.21 Å². The molecule has 0 unspecified atom stereocenters. The fourth-order valence-electron chi connectivity index (χ4n) is 2.89. The second-order valence-corrected chi connectivity index (χ2v) is 6.46. The van der Waals surface area contributed by atoms with Crippen LogP contribution in [0.1, 0.15) is 29.2 Å². The zero-order valence-electron chi connectivity index (χ0n) is 16.0. The molecule has 0 fully saturated rings. The summed E-state index contributed by atoms with van der Waals surface area (Å²) in [7, 11) is 0. The zero-order chi connectivity index (χ0) is 20.3. The van der Waals surface area contributed by atoms with Gasteiger partial charge in [-0.15, -0.1) is 0 Å². The van der Waals surface area contributed by atoms with Crippen LogP contribution in [0.5, 0.6) is 5.75 Å². The highest BCUT2D eigenvalue weighted by Crippen LogP contribution is 2.25. The third kappa shape index (κ3) is 6.50. The van der Waals surface area contributed by atoms with E-state index in [-0.39, 0.29) is 12.7 Å². The minimum Gasteiger partial charge on any atom is -0.482 e. The molecule has 0 spiro atoms. The molecule has 0 amide bonds. The molecule has 0 aromatic heterocycles. The maximum Gasteiger partial charge on any atom is 0.341 e. The van der Waals surface area contributed by atoms with Crippen LogP contribution in [0.2, 0.25) is 0 Å². The van der Waals surface area contributed by atoms with Crippen molar-refractivity contribution < 1.29 is 19.5 Å². The molecule has 0 bridgehead atoms. The van der Waals surface area contributed by atoms with E-state index >= 15 is 0 Å². The van der Waals surface area contributed by atoms with Crippen LogP contribution in [0, 0.1) is 0 Å². The summed E-state index contributed by atoms with van der Waals surface area (Å²) in [5, 5.41) is 12.9. The molecule has 5 heteroatoms. The molecule has 1 N–H and O–H groups in total. The number of hydrogen-bond donors (Lipinski definition) is 1. The molecule has 0 radical (unpaired) electrons. The van der Waals surface area contributed by atoms with Gasteiger partial charge in [0.05, 0.1) is 0 Å². The number of oxime groups is 1. The molecule has 148 valence electrons. The van der Waals surface area contributed by atoms with Gasteiger partial charge in [0.15, 0.2) is 12.7 Å². The van der Waals surface area contributed by atoms with Crippen LogP contribution in [-0.2, 0) is 16.1 Å². The predicted molar refractivity (Wildman–Crippen MR) is 112 cm³/mol. The maximum atomic E-state index is 10.6. The summed E-state index contributed by atoms with van der Waals surface area (Å²) in [6.45, 7) is -0.348. The number of carboxylic acids is 1. The molecular formula is C24H23NO4. The summed E-state index contributed by atoms with van der Waals surface area (Å²) in [6.07, 6.45) is 2.93. The van der Waals surface area contributed by atoms with Gasteiger partial charge < -0.3 is 14.7 Å². The Morgan fingerprint density at radius 2 is 1.59 bits per heavy atom. The van der Waals surface area contributed by atoms with Crippen molar-refractivity contribution in [3.63, 3.8) is 0 Å². The molecule has 3 rings (SSSR count). The predicted octanol–water partition coefficient (Wildman–Crippen LogP) is 4.87. The van der Waals surface area contributed by atoms with E-state index in [1.165, 1.54) is 0 Å². The van der Waals surface area contributed by atoms with Crippen molar-refractivity contribution in [2.75, 3.05) is 6.61 Å². The first-order valence-electron chi connectivity index (χ1n) is 9.43. The number of ether oxygens (including phenoxy) is 1. The number of carboxylic acid groups (broad SMARTS) is 1. The number of nitrogens with zero attached hydrogens (tertiary/aromatic N) is 1. The first-order chi connectivity index (χ1) is 14.2. The Morgan fingerprint density at radius 1 is 0.931 bits per heavy atom. The third-order valence-electron chi connectivity index (χ3n) is 4.27. The highest BCUT2D eigenvalue weighted by atomic mass is 16.6. The van der Waals surface area contributed by atoms with Gasteiger partial charge in [-0.2, -0.15) is 0 Å². The van der Waals surface area contributed by atoms with Gasteiger partial charge in [-0.05, 0) is 41.7 Å². The second-order valence-electron chi connectivity index (χ2n) is 6.46. The second kappa shape index (κ2) is 10.7. The van der Waals surface area contributed by atoms with E-state index in [1.807, 2.05) is 78.9 Å². The Hall–Kier alpha value is -3.60. The van der Waals surface area contributed by atoms with E-state index in [0.29, 0.717) is 12.2 Å². The quantitative estimate of drug-likeness (QED) is 0.397. The van der Waals surface area contributed by atoms with Crippen LogP contribution in [0.3, 0.4) is 0 Å². The molecule has 0 aliphatic rings. The number of benzene rings is 3. The van der Waals surface area contributed by atoms with Gasteiger partial charge in [0.2, 0.25) is 0 Å². The Bertz CT molecular complexity index is 886. The van der Waals surface area contributed by atoms with Crippen molar-refractivity contribution >= 4 is 12.2 Å². The van der Waals surface area contributed by atoms with Crippen LogP contribution in [0.4, 0.5) is 0 Å². The highest BCUT2D eigenvalue weighted by molar-refractivity contribution is 5.68. The van der Waals surface area contributed by atoms with Crippen LogP contribution in [0.15, 0.2) is 90.1 Å². The summed E-state index contributed by atoms with van der Waals surface area (Å²) in [4.78, 5) is 16.4. The molecule has 0 heterocycles. The van der Waals surface area contributed by atoms with Gasteiger partial charge in [-0.3, -0.25) is 0 Å². The van der Waals surface area contributed by atoms with Gasteiger partial charge >= 0.3 is 5.97 Å². The largest absolute Gasteiger partial charge is 0.482 e. The first kappa shape index (κ1) is 20.1. The number of aliphatic carboxylic acids is 1. The molecule has 0 saturated heterocycles. The molecule has 0 aliphatic heterocycles. The topological polar surface area (TPSA) is 68.1 Å². The van der Waals surface area contributed by atoms with Gasteiger partial charge in [0.1, 0.15) is 5.75 Å². The van der Waals surface area contributed by atoms with E-state index in [9.17, 15) is 4.79 Å². The minimum atomic E-state index is -0.994. The van der Waals surface area contributed by atoms with E-state index in [4.69, 9.17) is 14.7 Å². The van der Waals surface area contributed by atoms with Crippen molar-refractivity contribution in [1.82, 2.24) is 0 Å². The Labute approximate surface area is 170 Å². The molecule has 0 saturated carbocycles. The van der Waals surface area contributed by atoms with Crippen molar-refractivity contribution in [3.8, 4) is 5.75 Å². The van der Waals surface area contributed by atoms with Crippen molar-refractivity contribution in [2.45, 2.75) is 18.9 Å². The first-order valence-corrected chi connectivity index (χ1v) is 9.43. The van der Waals surface area contributed by atoms with Crippen molar-refractivity contribution in [3.05, 3.63) is 102 Å². The lowest BCUT2D eigenvalue weighted by atomic mass is 10.0. The number of aryl methyl sites for hydroxylation is 1. The molecule has 29 heavy (non-hydrogen) atoms. The molecule has 3 aromatic carbocycles. The lowest BCUT2D eigenvalue weighted by Gasteiger charge is -2.15. The molecule has 5 nitrogen and oxygen atoms in total. The summed E-state index contributed by atoms with van der Waals surface area (Å²) in [5.41, 5.74) is 3.13. The smallest absolute Gasteiger partial charge is 0.341 e. The molecule has 0 atom stereocenters. The summed E-state index contributed by atoms with van der Waals surface area (Å²) in [6, 6.07) is 27.4. The van der Waals surface area contributed by atoms with Crippen LogP contribution >= 0.6 is 0 Å². The molecular weight excluding hydrogens is 366 g/mol. The summed E-state index contributed by atoms with van der Waals surface area (Å²) in [5.74, 6) is -0.447. The van der Waals surface area contributed by atoms with Gasteiger partial charge in [-0.1, -0.05) is 78.0 Å². The number of rotatable bonds is 10. The van der Waals surface area contributed by atoms with Crippen molar-refractivity contribution in [1.29, 1.82) is 0 Å². The fraction of sp³-hybridized carbons (Fsp3) is 0.167. The summed E-state index contributed by atoms with van der Waals surface area (Å²) < 4.78 is 5.21.